The fourth-order valence-corrected chi connectivity index (χ4v) is 5.05. The first kappa shape index (κ1) is 27.6. The summed E-state index contributed by atoms with van der Waals surface area (Å²) in [5.74, 6) is -1.74. The average molecular weight is 555 g/mol. The molecule has 1 unspecified atom stereocenters. The second-order valence-corrected chi connectivity index (χ2v) is 10.5. The molecule has 0 spiro atoms. The van der Waals surface area contributed by atoms with E-state index in [1.807, 2.05) is 6.07 Å². The van der Waals surface area contributed by atoms with Crippen molar-refractivity contribution in [2.45, 2.75) is 17.5 Å². The lowest BCUT2D eigenvalue weighted by Gasteiger charge is -2.25. The molecule has 4 rings (SSSR count). The highest BCUT2D eigenvalue weighted by Crippen LogP contribution is 2.31. The van der Waals surface area contributed by atoms with Crippen molar-refractivity contribution < 1.29 is 41.7 Å². The van der Waals surface area contributed by atoms with Gasteiger partial charge in [-0.15, -0.1) is 0 Å². The highest BCUT2D eigenvalue weighted by molar-refractivity contribution is 7.89. The Labute approximate surface area is 225 Å². The normalized spacial score (nSPS) is 14.4. The first-order valence-electron chi connectivity index (χ1n) is 11.8. The Bertz CT molecular complexity index is 1480. The molecule has 1 aliphatic rings. The number of carbonyl (C=O) groups is 3. The lowest BCUT2D eigenvalue weighted by atomic mass is 10.2. The van der Waals surface area contributed by atoms with Crippen LogP contribution in [-0.4, -0.2) is 64.0 Å². The minimum atomic E-state index is -4.07. The van der Waals surface area contributed by atoms with Gasteiger partial charge in [0.2, 0.25) is 16.1 Å². The van der Waals surface area contributed by atoms with Crippen molar-refractivity contribution in [1.82, 2.24) is 9.62 Å². The molecule has 39 heavy (non-hydrogen) atoms. The number of amides is 2. The van der Waals surface area contributed by atoms with Crippen LogP contribution in [0.4, 0.5) is 0 Å². The van der Waals surface area contributed by atoms with E-state index >= 15 is 0 Å². The topological polar surface area (TPSA) is 138 Å². The summed E-state index contributed by atoms with van der Waals surface area (Å²) >= 11 is 0. The number of rotatable bonds is 9. The number of ether oxygens (including phenoxy) is 4. The molecule has 11 nitrogen and oxygen atoms in total. The number of esters is 1. The summed E-state index contributed by atoms with van der Waals surface area (Å²) in [4.78, 5) is 37.0. The van der Waals surface area contributed by atoms with Crippen LogP contribution < -0.4 is 19.5 Å². The summed E-state index contributed by atoms with van der Waals surface area (Å²) in [5, 5.41) is 2.10. The predicted octanol–water partition coefficient (Wildman–Crippen LogP) is 2.16. The second kappa shape index (κ2) is 12.0. The van der Waals surface area contributed by atoms with Crippen LogP contribution in [-0.2, 0) is 30.9 Å². The Morgan fingerprint density at radius 1 is 1.00 bits per heavy atom. The number of imide groups is 1. The number of nitrogens with one attached hydrogen (secondary N) is 1. The predicted molar refractivity (Wildman–Crippen MR) is 138 cm³/mol. The van der Waals surface area contributed by atoms with Gasteiger partial charge in [-0.05, 0) is 35.9 Å². The standard InChI is InChI=1S/C27H26N2O9S/c1-29(15-18-8-4-3-5-9-18)39(33,34)24-14-19(12-13-22(24)35-2)27(32)37-17-25(30)28-26(31)23-16-36-20-10-6-7-11-21(20)38-23/h3-14,23H,15-17H2,1-2H3,(H,28,30,31). The molecule has 0 aliphatic carbocycles. The summed E-state index contributed by atoms with van der Waals surface area (Å²) < 4.78 is 48.9. The average Bonchev–Trinajstić information content (AvgIpc) is 2.95. The van der Waals surface area contributed by atoms with E-state index in [4.69, 9.17) is 18.9 Å². The molecule has 1 N–H and O–H groups in total. The maximum atomic E-state index is 13.3. The van der Waals surface area contributed by atoms with Gasteiger partial charge in [0.15, 0.2) is 18.1 Å². The number of para-hydroxylation sites is 2. The summed E-state index contributed by atoms with van der Waals surface area (Å²) in [6, 6.07) is 19.5. The van der Waals surface area contributed by atoms with Crippen LogP contribution in [0.15, 0.2) is 77.7 Å². The summed E-state index contributed by atoms with van der Waals surface area (Å²) in [7, 11) is -1.35. The Hall–Kier alpha value is -4.42. The number of fused-ring (bicyclic) bond motifs is 1. The molecule has 0 radical (unpaired) electrons. The van der Waals surface area contributed by atoms with Crippen LogP contribution in [0, 0.1) is 0 Å². The zero-order chi connectivity index (χ0) is 28.0. The molecule has 1 heterocycles. The maximum absolute atomic E-state index is 13.3. The molecule has 3 aromatic rings. The van der Waals surface area contributed by atoms with Gasteiger partial charge in [0.05, 0.1) is 12.7 Å². The van der Waals surface area contributed by atoms with E-state index in [9.17, 15) is 22.8 Å². The monoisotopic (exact) mass is 554 g/mol. The van der Waals surface area contributed by atoms with Gasteiger partial charge < -0.3 is 18.9 Å². The van der Waals surface area contributed by atoms with Crippen molar-refractivity contribution in [2.24, 2.45) is 0 Å². The van der Waals surface area contributed by atoms with Crippen molar-refractivity contribution in [3.63, 3.8) is 0 Å². The number of hydrogen-bond donors (Lipinski definition) is 1. The quantitative estimate of drug-likeness (QED) is 0.395. The van der Waals surface area contributed by atoms with Crippen molar-refractivity contribution in [2.75, 3.05) is 27.4 Å². The summed E-state index contributed by atoms with van der Waals surface area (Å²) in [5.41, 5.74) is 0.648. The lowest BCUT2D eigenvalue weighted by Crippen LogP contribution is -2.47. The van der Waals surface area contributed by atoms with E-state index in [-0.39, 0.29) is 29.4 Å². The van der Waals surface area contributed by atoms with Crippen molar-refractivity contribution in [3.05, 3.63) is 83.9 Å². The largest absolute Gasteiger partial charge is 0.495 e. The first-order chi connectivity index (χ1) is 18.7. The van der Waals surface area contributed by atoms with Crippen LogP contribution in [0.2, 0.25) is 0 Å². The fourth-order valence-electron chi connectivity index (χ4n) is 3.72. The zero-order valence-corrected chi connectivity index (χ0v) is 22.0. The van der Waals surface area contributed by atoms with E-state index in [1.54, 1.807) is 48.5 Å². The molecular weight excluding hydrogens is 528 g/mol. The third kappa shape index (κ3) is 6.54. The highest BCUT2D eigenvalue weighted by Gasteiger charge is 2.29. The number of carbonyl (C=O) groups excluding carboxylic acids is 3. The van der Waals surface area contributed by atoms with Crippen molar-refractivity contribution in [3.8, 4) is 17.2 Å². The first-order valence-corrected chi connectivity index (χ1v) is 13.2. The third-order valence-electron chi connectivity index (χ3n) is 5.73. The van der Waals surface area contributed by atoms with Gasteiger partial charge in [0.25, 0.3) is 11.8 Å². The van der Waals surface area contributed by atoms with E-state index in [0.717, 1.165) is 15.9 Å². The highest BCUT2D eigenvalue weighted by atomic mass is 32.2. The van der Waals surface area contributed by atoms with Gasteiger partial charge in [-0.3, -0.25) is 14.9 Å². The summed E-state index contributed by atoms with van der Waals surface area (Å²) in [6.45, 7) is -0.787. The lowest BCUT2D eigenvalue weighted by molar-refractivity contribution is -0.137. The number of benzene rings is 3. The molecule has 1 atom stereocenters. The van der Waals surface area contributed by atoms with Crippen molar-refractivity contribution >= 4 is 27.8 Å². The molecule has 0 saturated heterocycles. The van der Waals surface area contributed by atoms with E-state index in [2.05, 4.69) is 5.32 Å². The molecule has 0 saturated carbocycles. The molecular formula is C27H26N2O9S. The number of nitrogens with zero attached hydrogens (tertiary/aromatic N) is 1. The third-order valence-corrected chi connectivity index (χ3v) is 7.56. The summed E-state index contributed by atoms with van der Waals surface area (Å²) in [6.07, 6.45) is -1.07. The van der Waals surface area contributed by atoms with Gasteiger partial charge in [0.1, 0.15) is 17.3 Å². The Morgan fingerprint density at radius 2 is 1.69 bits per heavy atom. The number of methoxy groups -OCH3 is 1. The van der Waals surface area contributed by atoms with Gasteiger partial charge >= 0.3 is 5.97 Å². The molecule has 0 fully saturated rings. The second-order valence-electron chi connectivity index (χ2n) is 8.47. The molecule has 204 valence electrons. The number of sulfonamides is 1. The smallest absolute Gasteiger partial charge is 0.338 e. The molecule has 0 aromatic heterocycles. The Morgan fingerprint density at radius 3 is 2.41 bits per heavy atom. The van der Waals surface area contributed by atoms with Gasteiger partial charge in [-0.1, -0.05) is 42.5 Å². The Kier molecular flexibility index (Phi) is 8.47. The fraction of sp³-hybridized carbons (Fsp3) is 0.222. The van der Waals surface area contributed by atoms with Crippen LogP contribution >= 0.6 is 0 Å². The SMILES string of the molecule is COc1ccc(C(=O)OCC(=O)NC(=O)C2COc3ccccc3O2)cc1S(=O)(=O)N(C)Cc1ccccc1. The van der Waals surface area contributed by atoms with E-state index in [1.165, 1.54) is 26.3 Å². The molecule has 1 aliphatic heterocycles. The van der Waals surface area contributed by atoms with Crippen LogP contribution in [0.1, 0.15) is 15.9 Å². The van der Waals surface area contributed by atoms with Crippen molar-refractivity contribution in [1.29, 1.82) is 0 Å². The van der Waals surface area contributed by atoms with Gasteiger partial charge in [0, 0.05) is 13.6 Å². The molecule has 12 heteroatoms. The van der Waals surface area contributed by atoms with Crippen LogP contribution in [0.5, 0.6) is 17.2 Å². The van der Waals surface area contributed by atoms with Gasteiger partial charge in [-0.25, -0.2) is 13.2 Å². The zero-order valence-electron chi connectivity index (χ0n) is 21.2. The molecule has 2 amide bonds. The Balaban J connectivity index is 1.38. The minimum absolute atomic E-state index is 0.0334. The van der Waals surface area contributed by atoms with E-state index < -0.39 is 40.5 Å². The maximum Gasteiger partial charge on any atom is 0.338 e. The van der Waals surface area contributed by atoms with Crippen LogP contribution in [0.3, 0.4) is 0 Å². The molecule has 3 aromatic carbocycles. The minimum Gasteiger partial charge on any atom is -0.495 e. The van der Waals surface area contributed by atoms with Gasteiger partial charge in [-0.2, -0.15) is 4.31 Å². The number of hydrogen-bond acceptors (Lipinski definition) is 9. The molecule has 0 bridgehead atoms. The van der Waals surface area contributed by atoms with E-state index in [0.29, 0.717) is 11.5 Å². The van der Waals surface area contributed by atoms with Crippen LogP contribution in [0.25, 0.3) is 0 Å².